The van der Waals surface area contributed by atoms with Crippen LogP contribution in [0.25, 0.3) is 0 Å². The summed E-state index contributed by atoms with van der Waals surface area (Å²) in [4.78, 5) is 24.0. The highest BCUT2D eigenvalue weighted by Gasteiger charge is 2.37. The Morgan fingerprint density at radius 3 is 2.17 bits per heavy atom. The number of hydrogen-bond donors (Lipinski definition) is 0. The van der Waals surface area contributed by atoms with Crippen molar-refractivity contribution >= 4 is 11.8 Å². The zero-order chi connectivity index (χ0) is 13.8. The molecule has 98 valence electrons. The van der Waals surface area contributed by atoms with Crippen molar-refractivity contribution in [2.75, 3.05) is 13.7 Å². The molecule has 0 saturated heterocycles. The summed E-state index contributed by atoms with van der Waals surface area (Å²) in [7, 11) is 1.55. The van der Waals surface area contributed by atoms with Crippen LogP contribution in [0, 0.1) is 5.41 Å². The Morgan fingerprint density at radius 1 is 1.17 bits per heavy atom. The summed E-state index contributed by atoms with van der Waals surface area (Å²) in [6.07, 6.45) is 0. The molecule has 0 aliphatic carbocycles. The summed E-state index contributed by atoms with van der Waals surface area (Å²) in [5.41, 5.74) is -0.709. The fourth-order valence-corrected chi connectivity index (χ4v) is 1.51. The first-order valence-corrected chi connectivity index (χ1v) is 5.79. The van der Waals surface area contributed by atoms with E-state index >= 15 is 0 Å². The third-order valence-corrected chi connectivity index (χ3v) is 2.71. The fourth-order valence-electron chi connectivity index (χ4n) is 1.51. The quantitative estimate of drug-likeness (QED) is 0.457. The lowest BCUT2D eigenvalue weighted by atomic mass is 9.84. The molecule has 0 unspecified atom stereocenters. The van der Waals surface area contributed by atoms with Crippen molar-refractivity contribution in [3.8, 4) is 5.75 Å². The summed E-state index contributed by atoms with van der Waals surface area (Å²) in [5.74, 6) is -0.102. The predicted molar refractivity (Wildman–Crippen MR) is 67.7 cm³/mol. The Hall–Kier alpha value is -1.84. The third kappa shape index (κ3) is 2.88. The van der Waals surface area contributed by atoms with Gasteiger partial charge >= 0.3 is 5.97 Å². The highest BCUT2D eigenvalue weighted by Crippen LogP contribution is 2.25. The summed E-state index contributed by atoms with van der Waals surface area (Å²) in [5, 5.41) is 0. The van der Waals surface area contributed by atoms with Crippen molar-refractivity contribution in [2.24, 2.45) is 5.41 Å². The first kappa shape index (κ1) is 14.2. The maximum absolute atomic E-state index is 12.2. The molecule has 0 aliphatic heterocycles. The topological polar surface area (TPSA) is 52.6 Å². The molecule has 1 rings (SSSR count). The van der Waals surface area contributed by atoms with Crippen LogP contribution in [0.2, 0.25) is 0 Å². The molecule has 0 heterocycles. The lowest BCUT2D eigenvalue weighted by Gasteiger charge is -2.20. The van der Waals surface area contributed by atoms with Gasteiger partial charge in [0.1, 0.15) is 11.2 Å². The van der Waals surface area contributed by atoms with E-state index in [0.29, 0.717) is 11.3 Å². The minimum atomic E-state index is -1.18. The first-order chi connectivity index (χ1) is 8.43. The van der Waals surface area contributed by atoms with Crippen LogP contribution in [0.4, 0.5) is 0 Å². The number of esters is 1. The van der Waals surface area contributed by atoms with Gasteiger partial charge in [0.2, 0.25) is 0 Å². The molecule has 18 heavy (non-hydrogen) atoms. The Kier molecular flexibility index (Phi) is 4.48. The smallest absolute Gasteiger partial charge is 0.319 e. The molecule has 0 N–H and O–H groups in total. The van der Waals surface area contributed by atoms with Crippen LogP contribution in [0.5, 0.6) is 5.75 Å². The normalized spacial score (nSPS) is 10.9. The number of ether oxygens (including phenoxy) is 2. The van der Waals surface area contributed by atoms with Gasteiger partial charge in [-0.15, -0.1) is 0 Å². The van der Waals surface area contributed by atoms with E-state index in [1.807, 2.05) is 0 Å². The number of ketones is 1. The fraction of sp³-hybridized carbons (Fsp3) is 0.429. The van der Waals surface area contributed by atoms with E-state index in [-0.39, 0.29) is 12.4 Å². The number of hydrogen-bond acceptors (Lipinski definition) is 4. The van der Waals surface area contributed by atoms with Gasteiger partial charge in [-0.05, 0) is 45.0 Å². The van der Waals surface area contributed by atoms with E-state index in [2.05, 4.69) is 0 Å². The van der Waals surface area contributed by atoms with E-state index in [1.165, 1.54) is 0 Å². The van der Waals surface area contributed by atoms with E-state index in [9.17, 15) is 9.59 Å². The van der Waals surface area contributed by atoms with Gasteiger partial charge in [-0.2, -0.15) is 0 Å². The Bertz CT molecular complexity index is 432. The molecule has 4 heteroatoms. The van der Waals surface area contributed by atoms with Gasteiger partial charge in [-0.25, -0.2) is 0 Å². The largest absolute Gasteiger partial charge is 0.497 e. The second-order valence-corrected chi connectivity index (χ2v) is 4.40. The molecule has 0 bridgehead atoms. The molecule has 1 aromatic rings. The summed E-state index contributed by atoms with van der Waals surface area (Å²) < 4.78 is 9.93. The van der Waals surface area contributed by atoms with Crippen LogP contribution in [0.15, 0.2) is 24.3 Å². The van der Waals surface area contributed by atoms with Crippen LogP contribution in [0.3, 0.4) is 0 Å². The van der Waals surface area contributed by atoms with Crippen molar-refractivity contribution < 1.29 is 19.1 Å². The average molecular weight is 250 g/mol. The van der Waals surface area contributed by atoms with Crippen LogP contribution in [-0.2, 0) is 9.53 Å². The first-order valence-electron chi connectivity index (χ1n) is 5.79. The third-order valence-electron chi connectivity index (χ3n) is 2.71. The Morgan fingerprint density at radius 2 is 1.72 bits per heavy atom. The van der Waals surface area contributed by atoms with E-state index in [4.69, 9.17) is 9.47 Å². The standard InChI is InChI=1S/C14H18O4/c1-5-18-13(16)14(2,3)12(15)10-6-8-11(17-4)9-7-10/h6-9H,5H2,1-4H3. The van der Waals surface area contributed by atoms with Crippen LogP contribution < -0.4 is 4.74 Å². The molecule has 0 spiro atoms. The lowest BCUT2D eigenvalue weighted by molar-refractivity contribution is -0.150. The van der Waals surface area contributed by atoms with Gasteiger partial charge in [0, 0.05) is 5.56 Å². The maximum atomic E-state index is 12.2. The van der Waals surface area contributed by atoms with Gasteiger partial charge in [0.05, 0.1) is 13.7 Å². The van der Waals surface area contributed by atoms with Crippen molar-refractivity contribution in [1.29, 1.82) is 0 Å². The zero-order valence-electron chi connectivity index (χ0n) is 11.1. The minimum Gasteiger partial charge on any atom is -0.497 e. The molecule has 0 radical (unpaired) electrons. The summed E-state index contributed by atoms with van der Waals surface area (Å²) in [6, 6.07) is 6.66. The molecule has 1 aromatic carbocycles. The van der Waals surface area contributed by atoms with Crippen molar-refractivity contribution in [3.63, 3.8) is 0 Å². The van der Waals surface area contributed by atoms with Crippen molar-refractivity contribution in [3.05, 3.63) is 29.8 Å². The highest BCUT2D eigenvalue weighted by molar-refractivity contribution is 6.11. The predicted octanol–water partition coefficient (Wildman–Crippen LogP) is 2.47. The van der Waals surface area contributed by atoms with Crippen LogP contribution >= 0.6 is 0 Å². The monoisotopic (exact) mass is 250 g/mol. The number of methoxy groups -OCH3 is 1. The van der Waals surface area contributed by atoms with Crippen molar-refractivity contribution in [1.82, 2.24) is 0 Å². The van der Waals surface area contributed by atoms with Crippen molar-refractivity contribution in [2.45, 2.75) is 20.8 Å². The molecule has 0 atom stereocenters. The lowest BCUT2D eigenvalue weighted by Crippen LogP contribution is -2.35. The molecular weight excluding hydrogens is 232 g/mol. The number of benzene rings is 1. The molecule has 0 saturated carbocycles. The second-order valence-electron chi connectivity index (χ2n) is 4.40. The van der Waals surface area contributed by atoms with Gasteiger partial charge < -0.3 is 9.47 Å². The zero-order valence-corrected chi connectivity index (χ0v) is 11.1. The van der Waals surface area contributed by atoms with Gasteiger partial charge in [-0.3, -0.25) is 9.59 Å². The Balaban J connectivity index is 2.94. The maximum Gasteiger partial charge on any atom is 0.319 e. The van der Waals surface area contributed by atoms with Crippen LogP contribution in [-0.4, -0.2) is 25.5 Å². The Labute approximate surface area is 107 Å². The van der Waals surface area contributed by atoms with Gasteiger partial charge in [0.15, 0.2) is 5.78 Å². The van der Waals surface area contributed by atoms with Gasteiger partial charge in [-0.1, -0.05) is 0 Å². The molecule has 0 fully saturated rings. The molecule has 4 nitrogen and oxygen atoms in total. The van der Waals surface area contributed by atoms with E-state index in [0.717, 1.165) is 0 Å². The molecule has 0 amide bonds. The molecule has 0 aliphatic rings. The number of Topliss-reactive ketones (excluding diaryl/α,β-unsaturated/α-hetero) is 1. The second kappa shape index (κ2) is 5.67. The number of carbonyl (C=O) groups excluding carboxylic acids is 2. The van der Waals surface area contributed by atoms with E-state index < -0.39 is 11.4 Å². The van der Waals surface area contributed by atoms with E-state index in [1.54, 1.807) is 52.1 Å². The highest BCUT2D eigenvalue weighted by atomic mass is 16.5. The molecule has 0 aromatic heterocycles. The van der Waals surface area contributed by atoms with Crippen LogP contribution in [0.1, 0.15) is 31.1 Å². The number of rotatable bonds is 5. The SMILES string of the molecule is CCOC(=O)C(C)(C)C(=O)c1ccc(OC)cc1. The summed E-state index contributed by atoms with van der Waals surface area (Å²) >= 11 is 0. The minimum absolute atomic E-state index is 0.261. The average Bonchev–Trinajstić information content (AvgIpc) is 2.38. The number of carbonyl (C=O) groups is 2. The molecular formula is C14H18O4. The van der Waals surface area contributed by atoms with Gasteiger partial charge in [0.25, 0.3) is 0 Å². The summed E-state index contributed by atoms with van der Waals surface area (Å²) in [6.45, 7) is 5.11.